The molecule has 0 aliphatic heterocycles. The minimum atomic E-state index is 0.198. The van der Waals surface area contributed by atoms with Gasteiger partial charge < -0.3 is 9.73 Å². The highest BCUT2D eigenvalue weighted by molar-refractivity contribution is 5.41. The number of hydrogen-bond acceptors (Lipinski definition) is 2. The van der Waals surface area contributed by atoms with Crippen LogP contribution in [0.1, 0.15) is 46.7 Å². The summed E-state index contributed by atoms with van der Waals surface area (Å²) in [4.78, 5) is 0. The molecule has 0 spiro atoms. The summed E-state index contributed by atoms with van der Waals surface area (Å²) in [6, 6.07) is 8.97. The number of aryl methyl sites for hydroxylation is 3. The van der Waals surface area contributed by atoms with E-state index in [0.717, 1.165) is 17.9 Å². The summed E-state index contributed by atoms with van der Waals surface area (Å²) in [5.41, 5.74) is 5.19. The third-order valence-corrected chi connectivity index (χ3v) is 3.89. The number of benzene rings is 1. The van der Waals surface area contributed by atoms with Gasteiger partial charge in [-0.15, -0.1) is 0 Å². The van der Waals surface area contributed by atoms with Crippen LogP contribution < -0.4 is 5.32 Å². The smallest absolute Gasteiger partial charge is 0.106 e. The van der Waals surface area contributed by atoms with Crippen molar-refractivity contribution in [3.63, 3.8) is 0 Å². The predicted molar refractivity (Wildman–Crippen MR) is 79.6 cm³/mol. The zero-order chi connectivity index (χ0) is 14.0. The van der Waals surface area contributed by atoms with Crippen LogP contribution in [0.5, 0.6) is 0 Å². The average Bonchev–Trinajstić information content (AvgIpc) is 2.66. The summed E-state index contributed by atoms with van der Waals surface area (Å²) in [6.45, 7) is 8.39. The highest BCUT2D eigenvalue weighted by Gasteiger charge is 2.21. The Balaban J connectivity index is 2.49. The van der Waals surface area contributed by atoms with E-state index in [9.17, 15) is 0 Å². The average molecular weight is 257 g/mol. The van der Waals surface area contributed by atoms with Crippen LogP contribution in [0.4, 0.5) is 0 Å². The molecule has 2 rings (SSSR count). The van der Waals surface area contributed by atoms with Crippen molar-refractivity contribution in [2.24, 2.45) is 0 Å². The van der Waals surface area contributed by atoms with E-state index >= 15 is 0 Å². The summed E-state index contributed by atoms with van der Waals surface area (Å²) < 4.78 is 5.77. The van der Waals surface area contributed by atoms with E-state index in [0.29, 0.717) is 0 Å². The Morgan fingerprint density at radius 2 is 1.89 bits per heavy atom. The Hall–Kier alpha value is -1.54. The normalized spacial score (nSPS) is 12.7. The Bertz CT molecular complexity index is 569. The minimum absolute atomic E-state index is 0.198. The quantitative estimate of drug-likeness (QED) is 0.893. The zero-order valence-corrected chi connectivity index (χ0v) is 12.5. The van der Waals surface area contributed by atoms with Crippen LogP contribution in [-0.4, -0.2) is 7.05 Å². The Labute approximate surface area is 115 Å². The lowest BCUT2D eigenvalue weighted by atomic mass is 9.94. The van der Waals surface area contributed by atoms with Crippen LogP contribution in [0.2, 0.25) is 0 Å². The molecule has 1 unspecified atom stereocenters. The van der Waals surface area contributed by atoms with E-state index in [4.69, 9.17) is 4.42 Å². The van der Waals surface area contributed by atoms with Gasteiger partial charge in [0.1, 0.15) is 11.5 Å². The van der Waals surface area contributed by atoms with Crippen molar-refractivity contribution < 1.29 is 4.42 Å². The van der Waals surface area contributed by atoms with Crippen LogP contribution in [0, 0.1) is 20.8 Å². The Morgan fingerprint density at radius 3 is 2.42 bits per heavy atom. The second-order valence-corrected chi connectivity index (χ2v) is 5.07. The molecule has 0 bridgehead atoms. The lowest BCUT2D eigenvalue weighted by molar-refractivity contribution is 0.495. The SMILES string of the molecule is CCc1cccc(C(NC)c2c(C)oc(C)c2C)c1. The van der Waals surface area contributed by atoms with E-state index in [1.165, 1.54) is 22.3 Å². The van der Waals surface area contributed by atoms with Crippen LogP contribution in [0.15, 0.2) is 28.7 Å². The van der Waals surface area contributed by atoms with Crippen LogP contribution in [0.25, 0.3) is 0 Å². The van der Waals surface area contributed by atoms with Gasteiger partial charge in [-0.3, -0.25) is 0 Å². The summed E-state index contributed by atoms with van der Waals surface area (Å²) in [7, 11) is 2.00. The summed E-state index contributed by atoms with van der Waals surface area (Å²) in [5.74, 6) is 2.02. The molecule has 0 aliphatic carbocycles. The van der Waals surface area contributed by atoms with Crippen molar-refractivity contribution in [1.82, 2.24) is 5.32 Å². The maximum absolute atomic E-state index is 5.77. The van der Waals surface area contributed by atoms with Gasteiger partial charge in [-0.25, -0.2) is 0 Å². The first-order valence-electron chi connectivity index (χ1n) is 6.91. The first-order valence-corrected chi connectivity index (χ1v) is 6.91. The molecule has 2 nitrogen and oxygen atoms in total. The van der Waals surface area contributed by atoms with E-state index in [1.807, 2.05) is 20.9 Å². The lowest BCUT2D eigenvalue weighted by Crippen LogP contribution is -2.19. The van der Waals surface area contributed by atoms with Crippen LogP contribution in [0.3, 0.4) is 0 Å². The molecule has 2 heteroatoms. The topological polar surface area (TPSA) is 25.2 Å². The molecule has 0 saturated heterocycles. The predicted octanol–water partition coefficient (Wildman–Crippen LogP) is 4.08. The van der Waals surface area contributed by atoms with E-state index in [1.54, 1.807) is 0 Å². The molecular weight excluding hydrogens is 234 g/mol. The molecule has 1 atom stereocenters. The Morgan fingerprint density at radius 1 is 1.16 bits per heavy atom. The summed E-state index contributed by atoms with van der Waals surface area (Å²) in [5, 5.41) is 3.42. The van der Waals surface area contributed by atoms with Crippen LogP contribution >= 0.6 is 0 Å². The number of furan rings is 1. The van der Waals surface area contributed by atoms with Gasteiger partial charge in [0, 0.05) is 5.56 Å². The molecule has 1 N–H and O–H groups in total. The van der Waals surface area contributed by atoms with Gasteiger partial charge in [-0.2, -0.15) is 0 Å². The van der Waals surface area contributed by atoms with Crippen molar-refractivity contribution in [2.45, 2.75) is 40.2 Å². The largest absolute Gasteiger partial charge is 0.466 e. The van der Waals surface area contributed by atoms with Gasteiger partial charge in [0.05, 0.1) is 6.04 Å². The first-order chi connectivity index (χ1) is 9.08. The van der Waals surface area contributed by atoms with Crippen molar-refractivity contribution in [1.29, 1.82) is 0 Å². The van der Waals surface area contributed by atoms with Crippen molar-refractivity contribution in [2.75, 3.05) is 7.05 Å². The van der Waals surface area contributed by atoms with E-state index in [-0.39, 0.29) is 6.04 Å². The van der Waals surface area contributed by atoms with Gasteiger partial charge in [-0.1, -0.05) is 31.2 Å². The molecule has 0 fully saturated rings. The molecule has 1 aromatic heterocycles. The Kier molecular flexibility index (Phi) is 4.11. The minimum Gasteiger partial charge on any atom is -0.466 e. The van der Waals surface area contributed by atoms with Gasteiger partial charge in [0.15, 0.2) is 0 Å². The maximum Gasteiger partial charge on any atom is 0.106 e. The van der Waals surface area contributed by atoms with Gasteiger partial charge in [-0.05, 0) is 50.9 Å². The van der Waals surface area contributed by atoms with E-state index in [2.05, 4.69) is 43.4 Å². The molecule has 0 aliphatic rings. The zero-order valence-electron chi connectivity index (χ0n) is 12.5. The number of rotatable bonds is 4. The molecule has 1 aromatic carbocycles. The molecule has 102 valence electrons. The van der Waals surface area contributed by atoms with E-state index < -0.39 is 0 Å². The standard InChI is InChI=1S/C17H23NO/c1-6-14-8-7-9-15(10-14)17(18-5)16-11(2)12(3)19-13(16)4/h7-10,17-18H,6H2,1-5H3. The van der Waals surface area contributed by atoms with Crippen molar-refractivity contribution in [3.8, 4) is 0 Å². The molecule has 0 saturated carbocycles. The molecule has 19 heavy (non-hydrogen) atoms. The van der Waals surface area contributed by atoms with Gasteiger partial charge in [0.25, 0.3) is 0 Å². The molecule has 2 aromatic rings. The van der Waals surface area contributed by atoms with Gasteiger partial charge in [0.2, 0.25) is 0 Å². The highest BCUT2D eigenvalue weighted by Crippen LogP contribution is 2.31. The van der Waals surface area contributed by atoms with Crippen LogP contribution in [-0.2, 0) is 6.42 Å². The molecule has 0 amide bonds. The highest BCUT2D eigenvalue weighted by atomic mass is 16.3. The van der Waals surface area contributed by atoms with Gasteiger partial charge >= 0.3 is 0 Å². The first kappa shape index (κ1) is 13.9. The monoisotopic (exact) mass is 257 g/mol. The fraction of sp³-hybridized carbons (Fsp3) is 0.412. The third-order valence-electron chi connectivity index (χ3n) is 3.89. The van der Waals surface area contributed by atoms with Crippen molar-refractivity contribution >= 4 is 0 Å². The summed E-state index contributed by atoms with van der Waals surface area (Å²) in [6.07, 6.45) is 1.06. The maximum atomic E-state index is 5.77. The second-order valence-electron chi connectivity index (χ2n) is 5.07. The second kappa shape index (κ2) is 5.62. The summed E-state index contributed by atoms with van der Waals surface area (Å²) >= 11 is 0. The lowest BCUT2D eigenvalue weighted by Gasteiger charge is -2.18. The fourth-order valence-electron chi connectivity index (χ4n) is 2.70. The fourth-order valence-corrected chi connectivity index (χ4v) is 2.70. The molecule has 1 heterocycles. The number of hydrogen-bond donors (Lipinski definition) is 1. The molecule has 0 radical (unpaired) electrons. The third kappa shape index (κ3) is 2.59. The van der Waals surface area contributed by atoms with Crippen molar-refractivity contribution in [3.05, 3.63) is 58.0 Å². The number of nitrogens with one attached hydrogen (secondary N) is 1. The molecular formula is C17H23NO.